The molecule has 1 aliphatic rings. The van der Waals surface area contributed by atoms with Crippen molar-refractivity contribution in [2.24, 2.45) is 4.99 Å². The number of hydrogen-bond acceptors (Lipinski definition) is 3. The number of nitriles is 1. The van der Waals surface area contributed by atoms with Crippen LogP contribution in [0.2, 0.25) is 0 Å². The van der Waals surface area contributed by atoms with Crippen molar-refractivity contribution in [3.05, 3.63) is 0 Å². The number of nitrogens with zero attached hydrogens (tertiary/aromatic N) is 2. The van der Waals surface area contributed by atoms with E-state index in [9.17, 15) is 0 Å². The third kappa shape index (κ3) is 0.969. The van der Waals surface area contributed by atoms with E-state index in [1.54, 1.807) is 0 Å². The number of amidine groups is 1. The van der Waals surface area contributed by atoms with Gasteiger partial charge in [0.15, 0.2) is 0 Å². The third-order valence-corrected chi connectivity index (χ3v) is 0.990. The second-order valence-electron chi connectivity index (χ2n) is 1.59. The summed E-state index contributed by atoms with van der Waals surface area (Å²) in [7, 11) is 0. The Morgan fingerprint density at radius 2 is 2.75 bits per heavy atom. The quantitative estimate of drug-likeness (QED) is 0.511. The van der Waals surface area contributed by atoms with E-state index in [0.717, 1.165) is 18.9 Å². The van der Waals surface area contributed by atoms with E-state index in [2.05, 4.69) is 10.3 Å². The van der Waals surface area contributed by atoms with Crippen LogP contribution in [0.4, 0.5) is 0 Å². The lowest BCUT2D eigenvalue weighted by molar-refractivity contribution is 0.955. The van der Waals surface area contributed by atoms with Crippen LogP contribution in [-0.4, -0.2) is 18.9 Å². The molecule has 0 saturated carbocycles. The molecule has 0 fully saturated rings. The maximum Gasteiger partial charge on any atom is 0.111 e. The molecule has 0 aromatic carbocycles. The highest BCUT2D eigenvalue weighted by Gasteiger charge is 2.01. The van der Waals surface area contributed by atoms with E-state index in [1.165, 1.54) is 0 Å². The molecule has 1 heterocycles. The fraction of sp³-hybridized carbons (Fsp3) is 0.600. The minimum atomic E-state index is 0.431. The van der Waals surface area contributed by atoms with Gasteiger partial charge in [-0.3, -0.25) is 4.99 Å². The number of nitrogens with one attached hydrogen (secondary N) is 1. The Labute approximate surface area is 48.0 Å². The molecule has 0 spiro atoms. The molecule has 0 aromatic rings. The van der Waals surface area contributed by atoms with Crippen molar-refractivity contribution in [2.75, 3.05) is 13.1 Å². The first kappa shape index (κ1) is 5.10. The van der Waals surface area contributed by atoms with Gasteiger partial charge in [0.25, 0.3) is 0 Å². The Morgan fingerprint density at radius 1 is 1.88 bits per heavy atom. The van der Waals surface area contributed by atoms with Crippen LogP contribution in [0.5, 0.6) is 0 Å². The summed E-state index contributed by atoms with van der Waals surface area (Å²) < 4.78 is 0. The van der Waals surface area contributed by atoms with Crippen molar-refractivity contribution in [3.8, 4) is 6.07 Å². The zero-order valence-corrected chi connectivity index (χ0v) is 4.52. The minimum absolute atomic E-state index is 0.431. The molecule has 8 heavy (non-hydrogen) atoms. The SMILES string of the molecule is N#CCC1=NCCN1. The molecule has 3 heteroatoms. The maximum atomic E-state index is 8.16. The van der Waals surface area contributed by atoms with Crippen molar-refractivity contribution in [1.82, 2.24) is 5.32 Å². The summed E-state index contributed by atoms with van der Waals surface area (Å²) in [6, 6.07) is 2.02. The van der Waals surface area contributed by atoms with Crippen molar-refractivity contribution in [1.29, 1.82) is 5.26 Å². The Hall–Kier alpha value is -1.04. The van der Waals surface area contributed by atoms with E-state index in [0.29, 0.717) is 6.42 Å². The Morgan fingerprint density at radius 3 is 3.25 bits per heavy atom. The van der Waals surface area contributed by atoms with E-state index in [1.807, 2.05) is 6.07 Å². The molecular weight excluding hydrogens is 102 g/mol. The highest BCUT2D eigenvalue weighted by molar-refractivity contribution is 5.85. The van der Waals surface area contributed by atoms with E-state index >= 15 is 0 Å². The molecule has 0 saturated heterocycles. The zero-order chi connectivity index (χ0) is 5.82. The second kappa shape index (κ2) is 2.31. The van der Waals surface area contributed by atoms with Crippen LogP contribution in [0.1, 0.15) is 6.42 Å². The lowest BCUT2D eigenvalue weighted by Gasteiger charge is -1.90. The first-order valence-electron chi connectivity index (χ1n) is 2.57. The van der Waals surface area contributed by atoms with Crippen molar-refractivity contribution >= 4 is 5.84 Å². The van der Waals surface area contributed by atoms with Crippen LogP contribution in [0, 0.1) is 11.3 Å². The number of aliphatic imine (C=N–C) groups is 1. The summed E-state index contributed by atoms with van der Waals surface area (Å²) in [4.78, 5) is 4.01. The van der Waals surface area contributed by atoms with Gasteiger partial charge in [0, 0.05) is 6.54 Å². The molecule has 0 bridgehead atoms. The van der Waals surface area contributed by atoms with Gasteiger partial charge in [-0.05, 0) is 0 Å². The van der Waals surface area contributed by atoms with E-state index < -0.39 is 0 Å². The smallest absolute Gasteiger partial charge is 0.111 e. The summed E-state index contributed by atoms with van der Waals surface area (Å²) in [6.45, 7) is 1.73. The normalized spacial score (nSPS) is 16.6. The van der Waals surface area contributed by atoms with E-state index in [-0.39, 0.29) is 0 Å². The Bertz CT molecular complexity index is 142. The maximum absolute atomic E-state index is 8.16. The predicted octanol–water partition coefficient (Wildman–Crippen LogP) is -0.0982. The minimum Gasteiger partial charge on any atom is -0.371 e. The molecule has 0 unspecified atom stereocenters. The van der Waals surface area contributed by atoms with Crippen LogP contribution < -0.4 is 5.32 Å². The fourth-order valence-corrected chi connectivity index (χ4v) is 0.640. The third-order valence-electron chi connectivity index (χ3n) is 0.990. The molecule has 42 valence electrons. The summed E-state index contributed by atoms with van der Waals surface area (Å²) in [5.41, 5.74) is 0. The molecule has 1 aliphatic heterocycles. The topological polar surface area (TPSA) is 48.2 Å². The second-order valence-corrected chi connectivity index (χ2v) is 1.59. The largest absolute Gasteiger partial charge is 0.371 e. The molecule has 1 rings (SSSR count). The molecule has 0 aliphatic carbocycles. The first-order valence-corrected chi connectivity index (χ1v) is 2.57. The van der Waals surface area contributed by atoms with Gasteiger partial charge in [-0.2, -0.15) is 5.26 Å². The fourth-order valence-electron chi connectivity index (χ4n) is 0.640. The average molecular weight is 109 g/mol. The zero-order valence-electron chi connectivity index (χ0n) is 4.52. The number of hydrogen-bond donors (Lipinski definition) is 1. The highest BCUT2D eigenvalue weighted by Crippen LogP contribution is 1.87. The monoisotopic (exact) mass is 109 g/mol. The first-order chi connectivity index (χ1) is 3.93. The molecule has 1 N–H and O–H groups in total. The van der Waals surface area contributed by atoms with Gasteiger partial charge in [-0.1, -0.05) is 0 Å². The van der Waals surface area contributed by atoms with Crippen LogP contribution in [0.25, 0.3) is 0 Å². The standard InChI is InChI=1S/C5H7N3/c6-2-1-5-7-3-4-8-5/h1,3-4H2,(H,7,8). The Balaban J connectivity index is 2.36. The van der Waals surface area contributed by atoms with Gasteiger partial charge in [0.05, 0.1) is 19.0 Å². The molecule has 0 aromatic heterocycles. The summed E-state index contributed by atoms with van der Waals surface area (Å²) in [5.74, 6) is 0.840. The molecular formula is C5H7N3. The Kier molecular flexibility index (Phi) is 1.48. The predicted molar refractivity (Wildman–Crippen MR) is 30.5 cm³/mol. The lowest BCUT2D eigenvalue weighted by atomic mass is 10.4. The summed E-state index contributed by atoms with van der Waals surface area (Å²) in [5, 5.41) is 11.1. The van der Waals surface area contributed by atoms with E-state index in [4.69, 9.17) is 5.26 Å². The van der Waals surface area contributed by atoms with Gasteiger partial charge in [-0.15, -0.1) is 0 Å². The molecule has 0 atom stereocenters. The van der Waals surface area contributed by atoms with Gasteiger partial charge in [0.1, 0.15) is 5.84 Å². The van der Waals surface area contributed by atoms with Gasteiger partial charge in [0.2, 0.25) is 0 Å². The molecule has 0 radical (unpaired) electrons. The van der Waals surface area contributed by atoms with Crippen molar-refractivity contribution < 1.29 is 0 Å². The summed E-state index contributed by atoms with van der Waals surface area (Å²) >= 11 is 0. The van der Waals surface area contributed by atoms with Crippen LogP contribution in [0.3, 0.4) is 0 Å². The van der Waals surface area contributed by atoms with Gasteiger partial charge in [-0.25, -0.2) is 0 Å². The van der Waals surface area contributed by atoms with Gasteiger partial charge >= 0.3 is 0 Å². The van der Waals surface area contributed by atoms with Crippen molar-refractivity contribution in [2.45, 2.75) is 6.42 Å². The van der Waals surface area contributed by atoms with Crippen LogP contribution in [0.15, 0.2) is 4.99 Å². The molecule has 0 amide bonds. The average Bonchev–Trinajstić information content (AvgIpc) is 2.19. The van der Waals surface area contributed by atoms with Crippen LogP contribution in [-0.2, 0) is 0 Å². The lowest BCUT2D eigenvalue weighted by Crippen LogP contribution is -2.17. The summed E-state index contributed by atoms with van der Waals surface area (Å²) in [6.07, 6.45) is 0.431. The van der Waals surface area contributed by atoms with Crippen LogP contribution >= 0.6 is 0 Å². The number of rotatable bonds is 1. The highest BCUT2D eigenvalue weighted by atomic mass is 15.1. The molecule has 3 nitrogen and oxygen atoms in total. The van der Waals surface area contributed by atoms with Crippen molar-refractivity contribution in [3.63, 3.8) is 0 Å². The van der Waals surface area contributed by atoms with Gasteiger partial charge < -0.3 is 5.32 Å².